The number of para-hydroxylation sites is 1. The molecule has 2 aliphatic heterocycles. The Morgan fingerprint density at radius 1 is 1.12 bits per heavy atom. The van der Waals surface area contributed by atoms with Gasteiger partial charge in [-0.25, -0.2) is 9.97 Å². The van der Waals surface area contributed by atoms with Crippen LogP contribution in [-0.2, 0) is 9.53 Å². The summed E-state index contributed by atoms with van der Waals surface area (Å²) >= 11 is 0. The second-order valence-corrected chi connectivity index (χ2v) is 8.68. The van der Waals surface area contributed by atoms with Crippen molar-refractivity contribution in [1.29, 1.82) is 0 Å². The van der Waals surface area contributed by atoms with Crippen LogP contribution in [-0.4, -0.2) is 52.8 Å². The number of aromatic hydroxyl groups is 1. The number of phenolic OH excluding ortho intramolecular Hbond substituents is 1. The standard InChI is InChI=1S/C25H28N4O3.ClH/c1-16-8-9-18-20(15-16)27-23(19-5-2-3-6-21(19)30)28-24(18)29-12-10-17(11-13-29)26-25(31)22-7-4-14-32-22;/h2-3,5-6,8-9,15,17,22,30H,4,7,10-14H2,1H3,(H,26,31);1H/t22-;/m1./s1. The zero-order valence-electron chi connectivity index (χ0n) is 18.7. The first-order valence-corrected chi connectivity index (χ1v) is 11.3. The molecule has 7 nitrogen and oxygen atoms in total. The van der Waals surface area contributed by atoms with Crippen LogP contribution in [0.5, 0.6) is 5.75 Å². The van der Waals surface area contributed by atoms with Crippen LogP contribution >= 0.6 is 12.4 Å². The molecule has 0 saturated carbocycles. The van der Waals surface area contributed by atoms with Gasteiger partial charge in [0.15, 0.2) is 5.82 Å². The molecule has 174 valence electrons. The maximum atomic E-state index is 12.4. The van der Waals surface area contributed by atoms with Gasteiger partial charge in [0.25, 0.3) is 0 Å². The van der Waals surface area contributed by atoms with Crippen molar-refractivity contribution in [3.8, 4) is 17.1 Å². The predicted molar refractivity (Wildman–Crippen MR) is 131 cm³/mol. The van der Waals surface area contributed by atoms with Gasteiger partial charge < -0.3 is 20.1 Å². The molecule has 1 amide bonds. The molecule has 1 aromatic heterocycles. The number of halogens is 1. The molecule has 2 fully saturated rings. The fourth-order valence-electron chi connectivity index (χ4n) is 4.56. The molecule has 3 aromatic rings. The van der Waals surface area contributed by atoms with Gasteiger partial charge in [0.2, 0.25) is 5.91 Å². The van der Waals surface area contributed by atoms with Crippen molar-refractivity contribution in [2.75, 3.05) is 24.6 Å². The molecule has 0 radical (unpaired) electrons. The molecular weight excluding hydrogens is 440 g/mol. The molecular formula is C25H29ClN4O3. The largest absolute Gasteiger partial charge is 0.507 e. The minimum atomic E-state index is -0.289. The Hall–Kier alpha value is -2.90. The third-order valence-electron chi connectivity index (χ3n) is 6.34. The SMILES string of the molecule is Cc1ccc2c(N3CCC(NC(=O)[C@H]4CCCO4)CC3)nc(-c3ccccc3O)nc2c1.Cl. The highest BCUT2D eigenvalue weighted by molar-refractivity contribution is 5.92. The van der Waals surface area contributed by atoms with E-state index >= 15 is 0 Å². The van der Waals surface area contributed by atoms with Gasteiger partial charge in [0.1, 0.15) is 17.7 Å². The average molecular weight is 469 g/mol. The van der Waals surface area contributed by atoms with E-state index in [2.05, 4.69) is 28.4 Å². The van der Waals surface area contributed by atoms with Crippen LogP contribution in [0, 0.1) is 6.92 Å². The van der Waals surface area contributed by atoms with E-state index in [0.29, 0.717) is 18.0 Å². The number of aryl methyl sites for hydroxylation is 1. The monoisotopic (exact) mass is 468 g/mol. The number of fused-ring (bicyclic) bond motifs is 1. The zero-order chi connectivity index (χ0) is 22.1. The highest BCUT2D eigenvalue weighted by Crippen LogP contribution is 2.33. The summed E-state index contributed by atoms with van der Waals surface area (Å²) < 4.78 is 5.51. The summed E-state index contributed by atoms with van der Waals surface area (Å²) in [5.41, 5.74) is 2.61. The van der Waals surface area contributed by atoms with E-state index in [4.69, 9.17) is 14.7 Å². The Morgan fingerprint density at radius 3 is 2.64 bits per heavy atom. The number of phenols is 1. The lowest BCUT2D eigenvalue weighted by molar-refractivity contribution is -0.130. The van der Waals surface area contributed by atoms with Gasteiger partial charge in [-0.2, -0.15) is 0 Å². The van der Waals surface area contributed by atoms with Crippen molar-refractivity contribution < 1.29 is 14.6 Å². The predicted octanol–water partition coefficient (Wildman–Crippen LogP) is 4.00. The van der Waals surface area contributed by atoms with Crippen LogP contribution in [0.3, 0.4) is 0 Å². The average Bonchev–Trinajstić information content (AvgIpc) is 3.34. The molecule has 8 heteroatoms. The number of rotatable bonds is 4. The number of aromatic nitrogens is 2. The number of hydrogen-bond donors (Lipinski definition) is 2. The van der Waals surface area contributed by atoms with E-state index in [-0.39, 0.29) is 36.2 Å². The number of piperidine rings is 1. The highest BCUT2D eigenvalue weighted by atomic mass is 35.5. The van der Waals surface area contributed by atoms with Crippen LogP contribution < -0.4 is 10.2 Å². The molecule has 0 bridgehead atoms. The molecule has 2 aliphatic rings. The van der Waals surface area contributed by atoms with Crippen molar-refractivity contribution >= 4 is 35.0 Å². The van der Waals surface area contributed by atoms with Crippen molar-refractivity contribution in [2.24, 2.45) is 0 Å². The number of anilines is 1. The van der Waals surface area contributed by atoms with Crippen molar-refractivity contribution in [1.82, 2.24) is 15.3 Å². The second kappa shape index (κ2) is 9.93. The minimum absolute atomic E-state index is 0. The Bertz CT molecular complexity index is 1140. The van der Waals surface area contributed by atoms with Crippen LogP contribution in [0.25, 0.3) is 22.3 Å². The molecule has 5 rings (SSSR count). The zero-order valence-corrected chi connectivity index (χ0v) is 19.5. The Balaban J connectivity index is 0.00000259. The van der Waals surface area contributed by atoms with Crippen LogP contribution in [0.4, 0.5) is 5.82 Å². The van der Waals surface area contributed by atoms with Crippen LogP contribution in [0.2, 0.25) is 0 Å². The third-order valence-corrected chi connectivity index (χ3v) is 6.34. The van der Waals surface area contributed by atoms with Gasteiger partial charge in [0, 0.05) is 31.1 Å². The maximum Gasteiger partial charge on any atom is 0.249 e. The van der Waals surface area contributed by atoms with Gasteiger partial charge in [-0.1, -0.05) is 18.2 Å². The number of nitrogens with one attached hydrogen (secondary N) is 1. The molecule has 2 aromatic carbocycles. The normalized spacial score (nSPS) is 18.8. The van der Waals surface area contributed by atoms with Gasteiger partial charge in [-0.05, 0) is 62.4 Å². The fraction of sp³-hybridized carbons (Fsp3) is 0.400. The van der Waals surface area contributed by atoms with Gasteiger partial charge in [-0.3, -0.25) is 4.79 Å². The first-order chi connectivity index (χ1) is 15.6. The van der Waals surface area contributed by atoms with E-state index in [1.165, 1.54) is 0 Å². The minimum Gasteiger partial charge on any atom is -0.507 e. The second-order valence-electron chi connectivity index (χ2n) is 8.68. The molecule has 3 heterocycles. The first kappa shape index (κ1) is 23.3. The molecule has 33 heavy (non-hydrogen) atoms. The number of carbonyl (C=O) groups excluding carboxylic acids is 1. The quantitative estimate of drug-likeness (QED) is 0.601. The molecule has 1 atom stereocenters. The summed E-state index contributed by atoms with van der Waals surface area (Å²) in [6.45, 7) is 4.30. The topological polar surface area (TPSA) is 87.6 Å². The third kappa shape index (κ3) is 4.89. The number of benzene rings is 2. The lowest BCUT2D eigenvalue weighted by Gasteiger charge is -2.34. The van der Waals surface area contributed by atoms with E-state index in [0.717, 1.165) is 61.1 Å². The number of nitrogens with zero attached hydrogens (tertiary/aromatic N) is 3. The molecule has 0 spiro atoms. The summed E-state index contributed by atoms with van der Waals surface area (Å²) in [5.74, 6) is 1.58. The summed E-state index contributed by atoms with van der Waals surface area (Å²) in [6.07, 6.45) is 3.18. The van der Waals surface area contributed by atoms with Gasteiger partial charge in [0.05, 0.1) is 11.1 Å². The number of carbonyl (C=O) groups is 1. The maximum absolute atomic E-state index is 12.4. The fourth-order valence-corrected chi connectivity index (χ4v) is 4.56. The van der Waals surface area contributed by atoms with Crippen molar-refractivity contribution in [3.63, 3.8) is 0 Å². The van der Waals surface area contributed by atoms with Crippen LogP contribution in [0.1, 0.15) is 31.2 Å². The van der Waals surface area contributed by atoms with Crippen molar-refractivity contribution in [3.05, 3.63) is 48.0 Å². The Kier molecular flexibility index (Phi) is 7.00. The summed E-state index contributed by atoms with van der Waals surface area (Å²) in [6, 6.07) is 13.5. The van der Waals surface area contributed by atoms with Gasteiger partial charge in [-0.15, -0.1) is 12.4 Å². The van der Waals surface area contributed by atoms with Crippen LogP contribution in [0.15, 0.2) is 42.5 Å². The lowest BCUT2D eigenvalue weighted by atomic mass is 10.0. The van der Waals surface area contributed by atoms with E-state index in [1.54, 1.807) is 12.1 Å². The summed E-state index contributed by atoms with van der Waals surface area (Å²) in [5, 5.41) is 14.5. The molecule has 2 saturated heterocycles. The van der Waals surface area contributed by atoms with Crippen molar-refractivity contribution in [2.45, 2.75) is 44.8 Å². The highest BCUT2D eigenvalue weighted by Gasteiger charge is 2.28. The number of ether oxygens (including phenoxy) is 1. The number of hydrogen-bond acceptors (Lipinski definition) is 6. The Labute approximate surface area is 199 Å². The van der Waals surface area contributed by atoms with E-state index in [9.17, 15) is 9.90 Å². The molecule has 0 unspecified atom stereocenters. The Morgan fingerprint density at radius 2 is 1.91 bits per heavy atom. The van der Waals surface area contributed by atoms with E-state index < -0.39 is 0 Å². The molecule has 2 N–H and O–H groups in total. The number of amides is 1. The summed E-state index contributed by atoms with van der Waals surface area (Å²) in [7, 11) is 0. The first-order valence-electron chi connectivity index (χ1n) is 11.3. The molecule has 0 aliphatic carbocycles. The van der Waals surface area contributed by atoms with Gasteiger partial charge >= 0.3 is 0 Å². The smallest absolute Gasteiger partial charge is 0.249 e. The van der Waals surface area contributed by atoms with E-state index in [1.807, 2.05) is 19.1 Å². The summed E-state index contributed by atoms with van der Waals surface area (Å²) in [4.78, 5) is 24.3. The lowest BCUT2D eigenvalue weighted by Crippen LogP contribution is -2.47.